The lowest BCUT2D eigenvalue weighted by Gasteiger charge is -2.15. The molecule has 0 aromatic heterocycles. The van der Waals surface area contributed by atoms with Gasteiger partial charge >= 0.3 is 5.97 Å². The molecule has 0 unspecified atom stereocenters. The second kappa shape index (κ2) is 6.07. The maximum absolute atomic E-state index is 10.8. The number of benzene rings is 1. The minimum atomic E-state index is -0.903. The summed E-state index contributed by atoms with van der Waals surface area (Å²) in [5.41, 5.74) is 0.834. The van der Waals surface area contributed by atoms with Gasteiger partial charge in [0.2, 0.25) is 0 Å². The largest absolute Gasteiger partial charge is 0.480 e. The second-order valence-corrected chi connectivity index (χ2v) is 3.67. The van der Waals surface area contributed by atoms with Crippen LogP contribution in [0.25, 0.3) is 0 Å². The predicted molar refractivity (Wildman–Crippen MR) is 67.5 cm³/mol. The number of carboxylic acids is 1. The monoisotopic (exact) mass is 238 g/mol. The van der Waals surface area contributed by atoms with E-state index >= 15 is 0 Å². The molecule has 0 aliphatic heterocycles. The molecule has 0 aliphatic carbocycles. The Morgan fingerprint density at radius 1 is 1.44 bits per heavy atom. The number of aliphatic carboxylic acids is 1. The Hall–Kier alpha value is -1.62. The van der Waals surface area contributed by atoms with Crippen LogP contribution in [-0.2, 0) is 4.79 Å². The molecule has 0 radical (unpaired) electrons. The zero-order chi connectivity index (χ0) is 12.0. The number of hydrogen-bond donors (Lipinski definition) is 3. The Morgan fingerprint density at radius 3 is 2.56 bits per heavy atom. The van der Waals surface area contributed by atoms with Crippen molar-refractivity contribution in [2.45, 2.75) is 19.4 Å². The molecule has 1 atom stereocenters. The molecule has 16 heavy (non-hydrogen) atoms. The molecule has 3 N–H and O–H groups in total. The highest BCUT2D eigenvalue weighted by Gasteiger charge is 2.15. The molecule has 1 rings (SSSR count). The molecule has 0 saturated heterocycles. The van der Waals surface area contributed by atoms with Gasteiger partial charge in [0.05, 0.1) is 0 Å². The third-order valence-electron chi connectivity index (χ3n) is 2.04. The van der Waals surface area contributed by atoms with E-state index in [2.05, 4.69) is 10.6 Å². The molecule has 1 aromatic carbocycles. The van der Waals surface area contributed by atoms with E-state index in [0.717, 1.165) is 5.69 Å². The van der Waals surface area contributed by atoms with Crippen LogP contribution in [0.3, 0.4) is 0 Å². The number of para-hydroxylation sites is 1. The van der Waals surface area contributed by atoms with Crippen molar-refractivity contribution >= 4 is 29.0 Å². The first-order valence-corrected chi connectivity index (χ1v) is 5.39. The molecule has 0 bridgehead atoms. The lowest BCUT2D eigenvalue weighted by Crippen LogP contribution is -2.42. The van der Waals surface area contributed by atoms with E-state index in [1.54, 1.807) is 6.92 Å². The molecule has 4 nitrogen and oxygen atoms in total. The number of carboxylic acid groups (broad SMARTS) is 1. The van der Waals surface area contributed by atoms with Crippen LogP contribution in [0, 0.1) is 0 Å². The van der Waals surface area contributed by atoms with E-state index in [9.17, 15) is 4.79 Å². The van der Waals surface area contributed by atoms with E-state index < -0.39 is 12.0 Å². The predicted octanol–water partition coefficient (Wildman–Crippen LogP) is 1.84. The normalized spacial score (nSPS) is 11.6. The van der Waals surface area contributed by atoms with Gasteiger partial charge in [-0.3, -0.25) is 0 Å². The zero-order valence-corrected chi connectivity index (χ0v) is 9.75. The molecule has 0 amide bonds. The van der Waals surface area contributed by atoms with E-state index in [-0.39, 0.29) is 0 Å². The van der Waals surface area contributed by atoms with Crippen LogP contribution < -0.4 is 10.6 Å². The van der Waals surface area contributed by atoms with Crippen molar-refractivity contribution in [2.24, 2.45) is 0 Å². The van der Waals surface area contributed by atoms with Crippen molar-refractivity contribution in [1.29, 1.82) is 0 Å². The first-order valence-electron chi connectivity index (χ1n) is 4.99. The van der Waals surface area contributed by atoms with Gasteiger partial charge in [-0.1, -0.05) is 25.1 Å². The lowest BCUT2D eigenvalue weighted by molar-refractivity contribution is -0.139. The summed E-state index contributed by atoms with van der Waals surface area (Å²) in [6.07, 6.45) is 0.478. The van der Waals surface area contributed by atoms with E-state index in [1.807, 2.05) is 30.3 Å². The SMILES string of the molecule is CC[C@@H](NC(=S)Nc1ccccc1)C(=O)O. The van der Waals surface area contributed by atoms with Crippen LogP contribution in [0.5, 0.6) is 0 Å². The number of carbonyl (C=O) groups is 1. The Morgan fingerprint density at radius 2 is 2.06 bits per heavy atom. The maximum atomic E-state index is 10.8. The molecule has 0 saturated carbocycles. The van der Waals surface area contributed by atoms with Crippen LogP contribution >= 0.6 is 12.2 Å². The molecular formula is C11H14N2O2S. The van der Waals surface area contributed by atoms with E-state index in [0.29, 0.717) is 11.5 Å². The third-order valence-corrected chi connectivity index (χ3v) is 2.26. The fourth-order valence-corrected chi connectivity index (χ4v) is 1.45. The standard InChI is InChI=1S/C11H14N2O2S/c1-2-9(10(14)15)13-11(16)12-8-6-4-3-5-7-8/h3-7,9H,2H2,1H3,(H,14,15)(H2,12,13,16)/t9-/m1/s1. The van der Waals surface area contributed by atoms with Gasteiger partial charge in [-0.2, -0.15) is 0 Å². The average Bonchev–Trinajstić information content (AvgIpc) is 2.27. The quantitative estimate of drug-likeness (QED) is 0.699. The minimum Gasteiger partial charge on any atom is -0.480 e. The highest BCUT2D eigenvalue weighted by molar-refractivity contribution is 7.80. The van der Waals surface area contributed by atoms with Crippen molar-refractivity contribution in [3.8, 4) is 0 Å². The summed E-state index contributed by atoms with van der Waals surface area (Å²) >= 11 is 5.01. The van der Waals surface area contributed by atoms with Gasteiger partial charge in [-0.05, 0) is 30.8 Å². The van der Waals surface area contributed by atoms with E-state index in [1.165, 1.54) is 0 Å². The maximum Gasteiger partial charge on any atom is 0.326 e. The van der Waals surface area contributed by atoms with Crippen LogP contribution in [0.4, 0.5) is 5.69 Å². The smallest absolute Gasteiger partial charge is 0.326 e. The fraction of sp³-hybridized carbons (Fsp3) is 0.273. The van der Waals surface area contributed by atoms with Crippen LogP contribution in [-0.4, -0.2) is 22.2 Å². The van der Waals surface area contributed by atoms with Crippen LogP contribution in [0.15, 0.2) is 30.3 Å². The number of anilines is 1. The minimum absolute atomic E-state index is 0.320. The summed E-state index contributed by atoms with van der Waals surface area (Å²) < 4.78 is 0. The average molecular weight is 238 g/mol. The molecule has 0 heterocycles. The van der Waals surface area contributed by atoms with Crippen molar-refractivity contribution in [3.63, 3.8) is 0 Å². The summed E-state index contributed by atoms with van der Waals surface area (Å²) in [4.78, 5) is 10.8. The molecule has 1 aromatic rings. The molecule has 0 spiro atoms. The number of hydrogen-bond acceptors (Lipinski definition) is 2. The van der Waals surface area contributed by atoms with Gasteiger partial charge in [0, 0.05) is 5.69 Å². The number of rotatable bonds is 4. The molecule has 86 valence electrons. The Bertz CT molecular complexity index is 368. The Balaban J connectivity index is 2.50. The molecule has 5 heteroatoms. The van der Waals surface area contributed by atoms with E-state index in [4.69, 9.17) is 17.3 Å². The summed E-state index contributed by atoms with van der Waals surface area (Å²) in [5.74, 6) is -0.903. The van der Waals surface area contributed by atoms with Crippen LogP contribution in [0.2, 0.25) is 0 Å². The van der Waals surface area contributed by atoms with Gasteiger partial charge in [0.25, 0.3) is 0 Å². The third kappa shape index (κ3) is 3.86. The Kier molecular flexibility index (Phi) is 4.72. The molecular weight excluding hydrogens is 224 g/mol. The van der Waals surface area contributed by atoms with Gasteiger partial charge in [0.15, 0.2) is 5.11 Å². The molecule has 0 aliphatic rings. The first-order chi connectivity index (χ1) is 7.63. The zero-order valence-electron chi connectivity index (χ0n) is 8.93. The van der Waals surface area contributed by atoms with Crippen LogP contribution in [0.1, 0.15) is 13.3 Å². The van der Waals surface area contributed by atoms with Crippen molar-refractivity contribution in [3.05, 3.63) is 30.3 Å². The highest BCUT2D eigenvalue weighted by Crippen LogP contribution is 2.04. The lowest BCUT2D eigenvalue weighted by atomic mass is 10.2. The first kappa shape index (κ1) is 12.4. The van der Waals surface area contributed by atoms with Gasteiger partial charge < -0.3 is 15.7 Å². The highest BCUT2D eigenvalue weighted by atomic mass is 32.1. The second-order valence-electron chi connectivity index (χ2n) is 3.26. The fourth-order valence-electron chi connectivity index (χ4n) is 1.19. The molecule has 0 fully saturated rings. The van der Waals surface area contributed by atoms with Crippen molar-refractivity contribution in [2.75, 3.05) is 5.32 Å². The summed E-state index contributed by atoms with van der Waals surface area (Å²) in [5, 5.41) is 14.8. The van der Waals surface area contributed by atoms with Crippen molar-refractivity contribution in [1.82, 2.24) is 5.32 Å². The summed E-state index contributed by atoms with van der Waals surface area (Å²) in [6.45, 7) is 1.79. The Labute approximate surface area is 99.7 Å². The topological polar surface area (TPSA) is 61.4 Å². The summed E-state index contributed by atoms with van der Waals surface area (Å²) in [7, 11) is 0. The number of thiocarbonyl (C=S) groups is 1. The van der Waals surface area contributed by atoms with Gasteiger partial charge in [-0.15, -0.1) is 0 Å². The van der Waals surface area contributed by atoms with Gasteiger partial charge in [0.1, 0.15) is 6.04 Å². The summed E-state index contributed by atoms with van der Waals surface area (Å²) in [6, 6.07) is 8.71. The number of nitrogens with one attached hydrogen (secondary N) is 2. The van der Waals surface area contributed by atoms with Gasteiger partial charge in [-0.25, -0.2) is 4.79 Å². The van der Waals surface area contributed by atoms with Crippen molar-refractivity contribution < 1.29 is 9.90 Å².